The van der Waals surface area contributed by atoms with Crippen molar-refractivity contribution in [2.45, 2.75) is 6.54 Å². The zero-order valence-corrected chi connectivity index (χ0v) is 13.0. The highest BCUT2D eigenvalue weighted by molar-refractivity contribution is 7.92. The highest BCUT2D eigenvalue weighted by Gasteiger charge is 2.24. The average molecular weight is 326 g/mol. The molecule has 0 amide bonds. The molecule has 23 heavy (non-hydrogen) atoms. The van der Waals surface area contributed by atoms with Gasteiger partial charge in [-0.05, 0) is 17.7 Å². The predicted octanol–water partition coefficient (Wildman–Crippen LogP) is 2.37. The van der Waals surface area contributed by atoms with Crippen LogP contribution in [0, 0.1) is 0 Å². The number of anilines is 1. The minimum atomic E-state index is -3.27. The highest BCUT2D eigenvalue weighted by atomic mass is 32.2. The largest absolute Gasteiger partial charge is 0.267 e. The quantitative estimate of drug-likeness (QED) is 0.784. The molecule has 0 radical (unpaired) electrons. The van der Waals surface area contributed by atoms with Gasteiger partial charge in [-0.3, -0.25) is 9.71 Å². The van der Waals surface area contributed by atoms with Gasteiger partial charge in [-0.2, -0.15) is 5.10 Å². The van der Waals surface area contributed by atoms with Crippen LogP contribution in [0.1, 0.15) is 0 Å². The number of sulfonamides is 1. The first-order valence-corrected chi connectivity index (χ1v) is 8.86. The lowest BCUT2D eigenvalue weighted by Crippen LogP contribution is -2.28. The van der Waals surface area contributed by atoms with Crippen LogP contribution in [0.4, 0.5) is 5.82 Å². The van der Waals surface area contributed by atoms with Crippen LogP contribution >= 0.6 is 0 Å². The Kier molecular flexibility index (Phi) is 3.16. The first kappa shape index (κ1) is 14.0. The lowest BCUT2D eigenvalue weighted by atomic mass is 10.0. The number of hydrogen-bond donors (Lipinski definition) is 1. The fraction of sp³-hybridized carbons (Fsp3) is 0.125. The number of benzene rings is 1. The molecule has 7 heteroatoms. The molecule has 6 nitrogen and oxygen atoms in total. The summed E-state index contributed by atoms with van der Waals surface area (Å²) in [5.74, 6) is 0.585. The second kappa shape index (κ2) is 5.20. The lowest BCUT2D eigenvalue weighted by Gasteiger charge is -2.17. The first-order chi connectivity index (χ1) is 11.1. The van der Waals surface area contributed by atoms with Crippen LogP contribution in [0.3, 0.4) is 0 Å². The molecule has 1 aromatic carbocycles. The molecular formula is C16H14N4O2S. The molecule has 4 rings (SSSR count). The molecule has 1 aliphatic heterocycles. The molecule has 3 aromatic rings. The maximum atomic E-state index is 11.8. The van der Waals surface area contributed by atoms with Crippen LogP contribution in [0.15, 0.2) is 54.9 Å². The van der Waals surface area contributed by atoms with E-state index in [2.05, 4.69) is 14.8 Å². The number of aryl methyl sites for hydroxylation is 1. The molecule has 1 aliphatic rings. The molecule has 0 aliphatic carbocycles. The van der Waals surface area contributed by atoms with E-state index in [1.807, 2.05) is 42.5 Å². The van der Waals surface area contributed by atoms with E-state index in [0.717, 1.165) is 22.4 Å². The normalized spacial score (nSPS) is 15.7. The van der Waals surface area contributed by atoms with Crippen molar-refractivity contribution in [1.82, 2.24) is 14.8 Å². The predicted molar refractivity (Wildman–Crippen MR) is 88.3 cm³/mol. The highest BCUT2D eigenvalue weighted by Crippen LogP contribution is 2.31. The van der Waals surface area contributed by atoms with E-state index in [1.54, 1.807) is 17.1 Å². The Bertz CT molecular complexity index is 948. The summed E-state index contributed by atoms with van der Waals surface area (Å²) in [5.41, 5.74) is 3.60. The van der Waals surface area contributed by atoms with Crippen molar-refractivity contribution in [2.24, 2.45) is 0 Å². The van der Waals surface area contributed by atoms with E-state index in [4.69, 9.17) is 0 Å². The maximum Gasteiger partial charge on any atom is 0.235 e. The van der Waals surface area contributed by atoms with E-state index >= 15 is 0 Å². The van der Waals surface area contributed by atoms with Gasteiger partial charge in [0.05, 0.1) is 24.2 Å². The number of hydrogen-bond acceptors (Lipinski definition) is 4. The van der Waals surface area contributed by atoms with Gasteiger partial charge in [-0.25, -0.2) is 13.1 Å². The van der Waals surface area contributed by atoms with Crippen LogP contribution in [-0.4, -0.2) is 28.9 Å². The van der Waals surface area contributed by atoms with E-state index in [1.165, 1.54) is 0 Å². The Hall–Kier alpha value is -2.67. The molecule has 0 saturated heterocycles. The van der Waals surface area contributed by atoms with E-state index in [0.29, 0.717) is 12.4 Å². The third-order valence-electron chi connectivity index (χ3n) is 3.82. The van der Waals surface area contributed by atoms with Gasteiger partial charge in [0.1, 0.15) is 5.82 Å². The molecular weight excluding hydrogens is 312 g/mol. The Balaban J connectivity index is 1.72. The summed E-state index contributed by atoms with van der Waals surface area (Å²) >= 11 is 0. The summed E-state index contributed by atoms with van der Waals surface area (Å²) in [6.07, 6.45) is 3.45. The van der Waals surface area contributed by atoms with Crippen molar-refractivity contribution in [1.29, 1.82) is 0 Å². The summed E-state index contributed by atoms with van der Waals surface area (Å²) in [5, 5.41) is 4.26. The summed E-state index contributed by atoms with van der Waals surface area (Å²) in [4.78, 5) is 4.32. The first-order valence-electron chi connectivity index (χ1n) is 7.20. The van der Waals surface area contributed by atoms with Crippen molar-refractivity contribution in [3.63, 3.8) is 0 Å². The van der Waals surface area contributed by atoms with Gasteiger partial charge in [0, 0.05) is 17.3 Å². The van der Waals surface area contributed by atoms with Crippen molar-refractivity contribution >= 4 is 15.8 Å². The molecule has 0 unspecified atom stereocenters. The number of nitrogens with zero attached hydrogens (tertiary/aromatic N) is 3. The van der Waals surface area contributed by atoms with Gasteiger partial charge < -0.3 is 0 Å². The smallest absolute Gasteiger partial charge is 0.235 e. The number of aromatic nitrogens is 3. The van der Waals surface area contributed by atoms with Crippen LogP contribution in [0.5, 0.6) is 0 Å². The van der Waals surface area contributed by atoms with Crippen LogP contribution in [0.25, 0.3) is 22.4 Å². The number of rotatable bonds is 2. The van der Waals surface area contributed by atoms with Gasteiger partial charge in [0.15, 0.2) is 0 Å². The topological polar surface area (TPSA) is 76.9 Å². The van der Waals surface area contributed by atoms with Crippen LogP contribution in [0.2, 0.25) is 0 Å². The third kappa shape index (κ3) is 2.59. The molecule has 0 saturated carbocycles. The minimum Gasteiger partial charge on any atom is -0.267 e. The molecule has 0 atom stereocenters. The molecule has 0 bridgehead atoms. The van der Waals surface area contributed by atoms with Gasteiger partial charge >= 0.3 is 0 Å². The fourth-order valence-electron chi connectivity index (χ4n) is 2.63. The Morgan fingerprint density at radius 3 is 2.57 bits per heavy atom. The Morgan fingerprint density at radius 2 is 1.83 bits per heavy atom. The zero-order valence-electron chi connectivity index (χ0n) is 12.2. The average Bonchev–Trinajstić information content (AvgIpc) is 2.97. The fourth-order valence-corrected chi connectivity index (χ4v) is 3.66. The van der Waals surface area contributed by atoms with Gasteiger partial charge in [-0.15, -0.1) is 0 Å². The summed E-state index contributed by atoms with van der Waals surface area (Å²) in [6.45, 7) is 0.372. The number of pyridine rings is 1. The second-order valence-electron chi connectivity index (χ2n) is 5.34. The van der Waals surface area contributed by atoms with Crippen LogP contribution in [-0.2, 0) is 16.6 Å². The molecule has 116 valence electrons. The second-order valence-corrected chi connectivity index (χ2v) is 7.19. The van der Waals surface area contributed by atoms with Gasteiger partial charge in [-0.1, -0.05) is 30.3 Å². The summed E-state index contributed by atoms with van der Waals surface area (Å²) < 4.78 is 27.8. The van der Waals surface area contributed by atoms with E-state index in [9.17, 15) is 8.42 Å². The van der Waals surface area contributed by atoms with E-state index < -0.39 is 10.0 Å². The van der Waals surface area contributed by atoms with Crippen LogP contribution < -0.4 is 4.72 Å². The van der Waals surface area contributed by atoms with Crippen molar-refractivity contribution in [3.05, 3.63) is 54.9 Å². The summed E-state index contributed by atoms with van der Waals surface area (Å²) in [7, 11) is -3.27. The maximum absolute atomic E-state index is 11.8. The van der Waals surface area contributed by atoms with Crippen molar-refractivity contribution in [2.75, 3.05) is 10.5 Å². The standard InChI is InChI=1S/C16H14N4O2S/c21-23(22)10-9-20-16(19-23)14(11-18-20)12-4-6-13(7-5-12)15-3-1-2-8-17-15/h1-8,11,19H,9-10H2. The zero-order chi connectivity index (χ0) is 15.9. The van der Waals surface area contributed by atoms with Gasteiger partial charge in [0.2, 0.25) is 10.0 Å². The number of nitrogens with one attached hydrogen (secondary N) is 1. The molecule has 2 aromatic heterocycles. The summed E-state index contributed by atoms with van der Waals surface area (Å²) in [6, 6.07) is 13.6. The van der Waals surface area contributed by atoms with Crippen molar-refractivity contribution in [3.8, 4) is 22.4 Å². The molecule has 0 fully saturated rings. The molecule has 3 heterocycles. The molecule has 1 N–H and O–H groups in total. The Labute approximate surface area is 133 Å². The monoisotopic (exact) mass is 326 g/mol. The number of fused-ring (bicyclic) bond motifs is 1. The Morgan fingerprint density at radius 1 is 1.04 bits per heavy atom. The van der Waals surface area contributed by atoms with E-state index in [-0.39, 0.29) is 5.75 Å². The SMILES string of the molecule is O=S1(=O)CCn2ncc(-c3ccc(-c4ccccn4)cc3)c2N1. The lowest BCUT2D eigenvalue weighted by molar-refractivity contribution is 0.577. The molecule has 0 spiro atoms. The van der Waals surface area contributed by atoms with Gasteiger partial charge in [0.25, 0.3) is 0 Å². The third-order valence-corrected chi connectivity index (χ3v) is 5.04. The van der Waals surface area contributed by atoms with Crippen molar-refractivity contribution < 1.29 is 8.42 Å². The minimum absolute atomic E-state index is 0.0553.